The fourth-order valence-electron chi connectivity index (χ4n) is 0.363. The van der Waals surface area contributed by atoms with Crippen molar-refractivity contribution in [2.45, 2.75) is 20.8 Å². The Labute approximate surface area is 60.9 Å². The topological polar surface area (TPSA) is 37.3 Å². The number of hydrogen-bond acceptors (Lipinski definition) is 1. The summed E-state index contributed by atoms with van der Waals surface area (Å²) in [6.45, 7) is 5.42. The fraction of sp³-hybridized carbons (Fsp3) is 0.375. The molecule has 0 unspecified atom stereocenters. The molecule has 0 saturated carbocycles. The Kier molecular flexibility index (Phi) is 3.47. The van der Waals surface area contributed by atoms with E-state index in [1.807, 2.05) is 13.8 Å². The summed E-state index contributed by atoms with van der Waals surface area (Å²) in [7, 11) is 0. The maximum Gasteiger partial charge on any atom is 0.331 e. The van der Waals surface area contributed by atoms with Crippen molar-refractivity contribution in [1.82, 2.24) is 0 Å². The molecule has 2 nitrogen and oxygen atoms in total. The molecule has 0 radical (unpaired) electrons. The minimum atomic E-state index is -0.863. The van der Waals surface area contributed by atoms with Gasteiger partial charge in [-0.3, -0.25) is 0 Å². The van der Waals surface area contributed by atoms with E-state index in [1.54, 1.807) is 19.1 Å². The fourth-order valence-corrected chi connectivity index (χ4v) is 0.363. The van der Waals surface area contributed by atoms with Gasteiger partial charge in [-0.2, -0.15) is 0 Å². The number of carbonyl (C=O) groups is 1. The number of hydrogen-bond donors (Lipinski definition) is 1. The van der Waals surface area contributed by atoms with E-state index in [0.717, 1.165) is 5.57 Å². The maximum atomic E-state index is 10.2. The lowest BCUT2D eigenvalue weighted by Crippen LogP contribution is -1.94. The second kappa shape index (κ2) is 3.88. The molecule has 0 aromatic carbocycles. The van der Waals surface area contributed by atoms with Crippen molar-refractivity contribution in [3.63, 3.8) is 0 Å². The van der Waals surface area contributed by atoms with Crippen LogP contribution in [-0.2, 0) is 4.79 Å². The van der Waals surface area contributed by atoms with E-state index in [-0.39, 0.29) is 0 Å². The molecule has 10 heavy (non-hydrogen) atoms. The van der Waals surface area contributed by atoms with E-state index in [2.05, 4.69) is 0 Å². The summed E-state index contributed by atoms with van der Waals surface area (Å²) in [5.41, 5.74) is 1.46. The first-order valence-corrected chi connectivity index (χ1v) is 3.09. The molecule has 0 aromatic heterocycles. The van der Waals surface area contributed by atoms with Crippen molar-refractivity contribution in [1.29, 1.82) is 0 Å². The van der Waals surface area contributed by atoms with E-state index >= 15 is 0 Å². The Balaban J connectivity index is 4.19. The van der Waals surface area contributed by atoms with Crippen molar-refractivity contribution >= 4 is 5.97 Å². The zero-order valence-corrected chi connectivity index (χ0v) is 6.51. The van der Waals surface area contributed by atoms with Gasteiger partial charge in [-0.25, -0.2) is 4.79 Å². The van der Waals surface area contributed by atoms with Gasteiger partial charge in [-0.05, 0) is 20.8 Å². The summed E-state index contributed by atoms with van der Waals surface area (Å²) >= 11 is 0. The van der Waals surface area contributed by atoms with Gasteiger partial charge >= 0.3 is 5.97 Å². The number of aliphatic carboxylic acids is 1. The SMILES string of the molecule is CC(C)=CC=C(C)C(=O)O. The molecular weight excluding hydrogens is 128 g/mol. The van der Waals surface area contributed by atoms with Gasteiger partial charge in [-0.1, -0.05) is 17.7 Å². The summed E-state index contributed by atoms with van der Waals surface area (Å²) in [5, 5.41) is 8.40. The molecule has 0 aliphatic rings. The highest BCUT2D eigenvalue weighted by atomic mass is 16.4. The lowest BCUT2D eigenvalue weighted by molar-refractivity contribution is -0.132. The molecule has 0 rings (SSSR count). The van der Waals surface area contributed by atoms with Crippen LogP contribution in [0.4, 0.5) is 0 Å². The average molecular weight is 140 g/mol. The molecule has 0 amide bonds. The zero-order valence-electron chi connectivity index (χ0n) is 6.51. The van der Waals surface area contributed by atoms with Gasteiger partial charge in [0.2, 0.25) is 0 Å². The van der Waals surface area contributed by atoms with Crippen molar-refractivity contribution in [3.05, 3.63) is 23.3 Å². The molecule has 1 N–H and O–H groups in total. The molecule has 0 aliphatic carbocycles. The highest BCUT2D eigenvalue weighted by Crippen LogP contribution is 1.95. The zero-order chi connectivity index (χ0) is 8.15. The van der Waals surface area contributed by atoms with Gasteiger partial charge in [0.25, 0.3) is 0 Å². The lowest BCUT2D eigenvalue weighted by Gasteiger charge is -1.88. The summed E-state index contributed by atoms with van der Waals surface area (Å²) < 4.78 is 0. The largest absolute Gasteiger partial charge is 0.478 e. The van der Waals surface area contributed by atoms with Gasteiger partial charge < -0.3 is 5.11 Å². The molecule has 56 valence electrons. The quantitative estimate of drug-likeness (QED) is 0.470. The smallest absolute Gasteiger partial charge is 0.331 e. The third kappa shape index (κ3) is 3.89. The van der Waals surface area contributed by atoms with E-state index < -0.39 is 5.97 Å². The van der Waals surface area contributed by atoms with Crippen LogP contribution in [0.3, 0.4) is 0 Å². The molecule has 0 saturated heterocycles. The highest BCUT2D eigenvalue weighted by molar-refractivity contribution is 5.86. The van der Waals surface area contributed by atoms with Gasteiger partial charge in [0.15, 0.2) is 0 Å². The minimum Gasteiger partial charge on any atom is -0.478 e. The molecule has 2 heteroatoms. The first kappa shape index (κ1) is 8.95. The number of rotatable bonds is 2. The standard InChI is InChI=1S/C8H12O2/c1-6(2)4-5-7(3)8(9)10/h4-5H,1-3H3,(H,9,10). The predicted molar refractivity (Wildman–Crippen MR) is 40.8 cm³/mol. The molecule has 0 heterocycles. The van der Waals surface area contributed by atoms with Crippen LogP contribution in [0.15, 0.2) is 23.3 Å². The Morgan fingerprint density at radius 3 is 2.00 bits per heavy atom. The number of carboxylic acid groups (broad SMARTS) is 1. The summed E-state index contributed by atoms with van der Waals surface area (Å²) in [6, 6.07) is 0. The Morgan fingerprint density at radius 1 is 1.20 bits per heavy atom. The van der Waals surface area contributed by atoms with Gasteiger partial charge in [0, 0.05) is 5.57 Å². The lowest BCUT2D eigenvalue weighted by atomic mass is 10.2. The van der Waals surface area contributed by atoms with Crippen LogP contribution < -0.4 is 0 Å². The van der Waals surface area contributed by atoms with E-state index in [9.17, 15) is 4.79 Å². The first-order chi connectivity index (χ1) is 4.54. The molecule has 0 fully saturated rings. The average Bonchev–Trinajstić information content (AvgIpc) is 1.82. The second-order valence-corrected chi connectivity index (χ2v) is 2.40. The first-order valence-electron chi connectivity index (χ1n) is 3.09. The van der Waals surface area contributed by atoms with Crippen LogP contribution in [0, 0.1) is 0 Å². The van der Waals surface area contributed by atoms with Gasteiger partial charge in [0.05, 0.1) is 0 Å². The minimum absolute atomic E-state index is 0.362. The second-order valence-electron chi connectivity index (χ2n) is 2.40. The van der Waals surface area contributed by atoms with Crippen molar-refractivity contribution in [2.75, 3.05) is 0 Å². The summed E-state index contributed by atoms with van der Waals surface area (Å²) in [4.78, 5) is 10.2. The molecule has 0 spiro atoms. The monoisotopic (exact) mass is 140 g/mol. The Morgan fingerprint density at radius 2 is 1.70 bits per heavy atom. The third-order valence-electron chi connectivity index (χ3n) is 1.00. The van der Waals surface area contributed by atoms with Crippen LogP contribution >= 0.6 is 0 Å². The summed E-state index contributed by atoms with van der Waals surface area (Å²) in [6.07, 6.45) is 3.38. The van der Waals surface area contributed by atoms with Crippen LogP contribution in [0.2, 0.25) is 0 Å². The Hall–Kier alpha value is -1.05. The molecular formula is C8H12O2. The molecule has 0 aromatic rings. The molecule has 0 atom stereocenters. The predicted octanol–water partition coefficient (Wildman–Crippen LogP) is 1.98. The van der Waals surface area contributed by atoms with Crippen molar-refractivity contribution in [2.24, 2.45) is 0 Å². The number of carboxylic acids is 1. The molecule has 0 aliphatic heterocycles. The van der Waals surface area contributed by atoms with Crippen molar-refractivity contribution < 1.29 is 9.90 Å². The van der Waals surface area contributed by atoms with Gasteiger partial charge in [-0.15, -0.1) is 0 Å². The highest BCUT2D eigenvalue weighted by Gasteiger charge is 1.95. The van der Waals surface area contributed by atoms with Crippen LogP contribution in [0.25, 0.3) is 0 Å². The van der Waals surface area contributed by atoms with Crippen LogP contribution in [-0.4, -0.2) is 11.1 Å². The van der Waals surface area contributed by atoms with Gasteiger partial charge in [0.1, 0.15) is 0 Å². The van der Waals surface area contributed by atoms with Crippen LogP contribution in [0.1, 0.15) is 20.8 Å². The maximum absolute atomic E-state index is 10.2. The van der Waals surface area contributed by atoms with Crippen molar-refractivity contribution in [3.8, 4) is 0 Å². The van der Waals surface area contributed by atoms with E-state index in [0.29, 0.717) is 5.57 Å². The van der Waals surface area contributed by atoms with E-state index in [4.69, 9.17) is 5.11 Å². The summed E-state index contributed by atoms with van der Waals surface area (Å²) in [5.74, 6) is -0.863. The molecule has 0 bridgehead atoms. The third-order valence-corrected chi connectivity index (χ3v) is 1.00. The normalized spacial score (nSPS) is 10.9. The van der Waals surface area contributed by atoms with Crippen LogP contribution in [0.5, 0.6) is 0 Å². The van der Waals surface area contributed by atoms with E-state index in [1.165, 1.54) is 0 Å². The number of allylic oxidation sites excluding steroid dienone is 3. The Bertz CT molecular complexity index is 183.